The number of hydrogen-bond donors (Lipinski definition) is 2. The van der Waals surface area contributed by atoms with Gasteiger partial charge in [-0.05, 0) is 30.9 Å². The highest BCUT2D eigenvalue weighted by Crippen LogP contribution is 2.47. The molecule has 1 aromatic carbocycles. The minimum atomic E-state index is 0. The second-order valence-corrected chi connectivity index (χ2v) is 7.14. The molecule has 0 unspecified atom stereocenters. The summed E-state index contributed by atoms with van der Waals surface area (Å²) >= 11 is 3.67. The monoisotopic (exact) mass is 440 g/mol. The third kappa shape index (κ3) is 4.50. The Morgan fingerprint density at radius 2 is 1.83 bits per heavy atom. The van der Waals surface area contributed by atoms with E-state index in [1.54, 1.807) is 7.11 Å². The topological polar surface area (TPSA) is 44.7 Å². The number of nitrogens with zero attached hydrogens (tertiary/aromatic N) is 1. The van der Waals surface area contributed by atoms with Crippen LogP contribution in [-0.4, -0.2) is 43.3 Å². The van der Waals surface area contributed by atoms with Crippen LogP contribution in [0.3, 0.4) is 0 Å². The second kappa shape index (κ2) is 10.1. The number of nitrogens with one attached hydrogen (secondary N) is 1. The standard InChI is InChI=1S/C17H25BrN2O2.2ClH/c1-22-14-7-6-13(18)15(17(14)21)16(12-4-2-3-5-12)20-10-8-19-9-11-20;;/h6-7,12,16,19,21H,2-5,8-11H2,1H3;2*1H/t16-;;/m0../s1. The quantitative estimate of drug-likeness (QED) is 0.736. The van der Waals surface area contributed by atoms with Gasteiger partial charge in [0.05, 0.1) is 7.11 Å². The zero-order valence-corrected chi connectivity index (χ0v) is 17.2. The Morgan fingerprint density at radius 1 is 1.21 bits per heavy atom. The Morgan fingerprint density at radius 3 is 2.42 bits per heavy atom. The molecule has 1 aliphatic carbocycles. The number of methoxy groups -OCH3 is 1. The van der Waals surface area contributed by atoms with Crippen LogP contribution in [0.2, 0.25) is 0 Å². The minimum absolute atomic E-state index is 0. The molecule has 0 aromatic heterocycles. The van der Waals surface area contributed by atoms with Gasteiger partial charge in [0.15, 0.2) is 11.5 Å². The molecule has 1 aliphatic heterocycles. The third-order valence-electron chi connectivity index (χ3n) is 5.03. The average Bonchev–Trinajstić information content (AvgIpc) is 3.06. The number of benzene rings is 1. The molecule has 3 rings (SSSR count). The lowest BCUT2D eigenvalue weighted by atomic mass is 9.89. The highest BCUT2D eigenvalue weighted by Gasteiger charge is 2.35. The van der Waals surface area contributed by atoms with Crippen LogP contribution >= 0.6 is 40.7 Å². The van der Waals surface area contributed by atoms with Crippen LogP contribution in [0.5, 0.6) is 11.5 Å². The van der Waals surface area contributed by atoms with Gasteiger partial charge in [0.1, 0.15) is 0 Å². The number of phenols is 1. The predicted molar refractivity (Wildman–Crippen MR) is 106 cm³/mol. The highest BCUT2D eigenvalue weighted by molar-refractivity contribution is 9.10. The van der Waals surface area contributed by atoms with E-state index in [-0.39, 0.29) is 30.9 Å². The van der Waals surface area contributed by atoms with Crippen molar-refractivity contribution in [1.82, 2.24) is 10.2 Å². The summed E-state index contributed by atoms with van der Waals surface area (Å²) in [5, 5.41) is 14.2. The number of hydrogen-bond acceptors (Lipinski definition) is 4. The summed E-state index contributed by atoms with van der Waals surface area (Å²) in [6.07, 6.45) is 5.10. The molecule has 1 atom stereocenters. The Kier molecular flexibility index (Phi) is 9.17. The molecule has 2 fully saturated rings. The van der Waals surface area contributed by atoms with E-state index in [0.717, 1.165) is 36.2 Å². The van der Waals surface area contributed by atoms with Crippen molar-refractivity contribution in [1.29, 1.82) is 0 Å². The maximum atomic E-state index is 10.7. The maximum Gasteiger partial charge on any atom is 0.163 e. The van der Waals surface area contributed by atoms with Gasteiger partial charge in [-0.25, -0.2) is 0 Å². The lowest BCUT2D eigenvalue weighted by molar-refractivity contribution is 0.122. The fourth-order valence-electron chi connectivity index (χ4n) is 3.96. The Bertz CT molecular complexity index is 522. The van der Waals surface area contributed by atoms with Gasteiger partial charge in [-0.2, -0.15) is 0 Å². The number of rotatable bonds is 4. The summed E-state index contributed by atoms with van der Waals surface area (Å²) in [6.45, 7) is 4.10. The van der Waals surface area contributed by atoms with E-state index in [4.69, 9.17) is 4.74 Å². The van der Waals surface area contributed by atoms with Crippen molar-refractivity contribution >= 4 is 40.7 Å². The molecule has 7 heteroatoms. The fourth-order valence-corrected chi connectivity index (χ4v) is 4.51. The van der Waals surface area contributed by atoms with Crippen LogP contribution in [0.4, 0.5) is 0 Å². The normalized spacial score (nSPS) is 20.1. The molecule has 0 amide bonds. The molecule has 4 nitrogen and oxygen atoms in total. The van der Waals surface area contributed by atoms with Crippen LogP contribution in [0.15, 0.2) is 16.6 Å². The summed E-state index contributed by atoms with van der Waals surface area (Å²) < 4.78 is 6.33. The minimum Gasteiger partial charge on any atom is -0.504 e. The van der Waals surface area contributed by atoms with Crippen LogP contribution in [0, 0.1) is 5.92 Å². The van der Waals surface area contributed by atoms with Gasteiger partial charge in [0.2, 0.25) is 0 Å². The lowest BCUT2D eigenvalue weighted by Crippen LogP contribution is -2.46. The molecule has 1 saturated heterocycles. The fraction of sp³-hybridized carbons (Fsp3) is 0.647. The molecule has 0 radical (unpaired) electrons. The van der Waals surface area contributed by atoms with Gasteiger partial charge in [-0.1, -0.05) is 28.8 Å². The number of aromatic hydroxyl groups is 1. The largest absolute Gasteiger partial charge is 0.504 e. The van der Waals surface area contributed by atoms with Crippen LogP contribution in [0.1, 0.15) is 37.3 Å². The van der Waals surface area contributed by atoms with E-state index < -0.39 is 0 Å². The van der Waals surface area contributed by atoms with Gasteiger partial charge in [0, 0.05) is 42.3 Å². The Labute approximate surface area is 165 Å². The van der Waals surface area contributed by atoms with E-state index >= 15 is 0 Å². The van der Waals surface area contributed by atoms with Crippen molar-refractivity contribution in [3.8, 4) is 11.5 Å². The van der Waals surface area contributed by atoms with Crippen LogP contribution in [0.25, 0.3) is 0 Å². The zero-order valence-electron chi connectivity index (χ0n) is 14.0. The van der Waals surface area contributed by atoms with E-state index in [1.165, 1.54) is 25.7 Å². The van der Waals surface area contributed by atoms with E-state index in [1.807, 2.05) is 12.1 Å². The van der Waals surface area contributed by atoms with Crippen molar-refractivity contribution in [3.63, 3.8) is 0 Å². The van der Waals surface area contributed by atoms with Crippen LogP contribution in [-0.2, 0) is 0 Å². The van der Waals surface area contributed by atoms with Gasteiger partial charge in [0.25, 0.3) is 0 Å². The first kappa shape index (κ1) is 21.8. The lowest BCUT2D eigenvalue weighted by Gasteiger charge is -2.39. The molecule has 2 aliphatic rings. The van der Waals surface area contributed by atoms with E-state index in [2.05, 4.69) is 26.1 Å². The van der Waals surface area contributed by atoms with Crippen molar-refractivity contribution < 1.29 is 9.84 Å². The predicted octanol–water partition coefficient (Wildman–Crippen LogP) is 4.14. The van der Waals surface area contributed by atoms with Gasteiger partial charge >= 0.3 is 0 Å². The zero-order chi connectivity index (χ0) is 15.5. The van der Waals surface area contributed by atoms with Gasteiger partial charge in [-0.3, -0.25) is 4.90 Å². The van der Waals surface area contributed by atoms with Crippen molar-refractivity contribution in [2.75, 3.05) is 33.3 Å². The summed E-state index contributed by atoms with van der Waals surface area (Å²) in [7, 11) is 1.61. The van der Waals surface area contributed by atoms with Crippen molar-refractivity contribution in [3.05, 3.63) is 22.2 Å². The summed E-state index contributed by atoms with van der Waals surface area (Å²) in [5.74, 6) is 1.48. The number of phenolic OH excluding ortho intramolecular Hbond substituents is 1. The second-order valence-electron chi connectivity index (χ2n) is 6.29. The summed E-state index contributed by atoms with van der Waals surface area (Å²) in [5.41, 5.74) is 1.01. The summed E-state index contributed by atoms with van der Waals surface area (Å²) in [4.78, 5) is 2.53. The molecule has 24 heavy (non-hydrogen) atoms. The molecule has 0 bridgehead atoms. The van der Waals surface area contributed by atoms with E-state index in [9.17, 15) is 5.11 Å². The molecule has 1 heterocycles. The van der Waals surface area contributed by atoms with Crippen molar-refractivity contribution in [2.24, 2.45) is 5.92 Å². The number of piperazine rings is 1. The SMILES string of the molecule is COc1ccc(Br)c([C@H](C2CCCC2)N2CCNCC2)c1O.Cl.Cl. The smallest absolute Gasteiger partial charge is 0.163 e. The molecule has 2 N–H and O–H groups in total. The van der Waals surface area contributed by atoms with Gasteiger partial charge < -0.3 is 15.2 Å². The molecular formula is C17H27BrCl2N2O2. The molecule has 138 valence electrons. The summed E-state index contributed by atoms with van der Waals surface area (Å²) in [6, 6.07) is 4.10. The van der Waals surface area contributed by atoms with E-state index in [0.29, 0.717) is 17.4 Å². The molecular weight excluding hydrogens is 415 g/mol. The molecule has 1 saturated carbocycles. The Balaban J connectivity index is 0.00000144. The first-order valence-corrected chi connectivity index (χ1v) is 9.01. The third-order valence-corrected chi connectivity index (χ3v) is 5.73. The number of ether oxygens (including phenoxy) is 1. The number of halogens is 3. The molecule has 1 aromatic rings. The van der Waals surface area contributed by atoms with Crippen LogP contribution < -0.4 is 10.1 Å². The molecule has 0 spiro atoms. The first-order chi connectivity index (χ1) is 10.7. The first-order valence-electron chi connectivity index (χ1n) is 8.22. The maximum absolute atomic E-state index is 10.7. The average molecular weight is 442 g/mol. The highest BCUT2D eigenvalue weighted by atomic mass is 79.9. The van der Waals surface area contributed by atoms with Crippen molar-refractivity contribution in [2.45, 2.75) is 31.7 Å². The Hall–Kier alpha value is -0.200. The van der Waals surface area contributed by atoms with Gasteiger partial charge in [-0.15, -0.1) is 24.8 Å².